The lowest BCUT2D eigenvalue weighted by atomic mass is 10.1. The van der Waals surface area contributed by atoms with E-state index >= 15 is 0 Å². The Labute approximate surface area is 270 Å². The van der Waals surface area contributed by atoms with Crippen LogP contribution in [0, 0.1) is 0 Å². The number of fused-ring (bicyclic) bond motifs is 1. The molecule has 4 aromatic carbocycles. The molecule has 0 radical (unpaired) electrons. The van der Waals surface area contributed by atoms with Crippen LogP contribution in [0.5, 0.6) is 23.0 Å². The van der Waals surface area contributed by atoms with Gasteiger partial charge in [0.25, 0.3) is 11.8 Å². The predicted octanol–water partition coefficient (Wildman–Crippen LogP) is 6.09. The molecule has 0 aliphatic carbocycles. The first-order valence-electron chi connectivity index (χ1n) is 14.6. The molecule has 11 heteroatoms. The summed E-state index contributed by atoms with van der Waals surface area (Å²) in [6.07, 6.45) is 2.03. The molecule has 5 rings (SSSR count). The average molecular weight is 640 g/mol. The summed E-state index contributed by atoms with van der Waals surface area (Å²) in [6, 6.07) is 25.4. The highest BCUT2D eigenvalue weighted by Gasteiger charge is 2.21. The number of ether oxygens (including phenoxy) is 3. The quantitative estimate of drug-likeness (QED) is 0.114. The molecule has 1 aliphatic heterocycles. The predicted molar refractivity (Wildman–Crippen MR) is 178 cm³/mol. The first kappa shape index (κ1) is 32.0. The summed E-state index contributed by atoms with van der Waals surface area (Å²) in [5, 5.41) is 18.0. The highest BCUT2D eigenvalue weighted by atomic mass is 32.2. The van der Waals surface area contributed by atoms with E-state index in [1.807, 2.05) is 13.0 Å². The number of hydrogen-bond donors (Lipinski definition) is 4. The number of methoxy groups -OCH3 is 1. The van der Waals surface area contributed by atoms with Gasteiger partial charge in [-0.05, 0) is 67.1 Å². The fourth-order valence-electron chi connectivity index (χ4n) is 4.59. The Morgan fingerprint density at radius 1 is 0.891 bits per heavy atom. The fourth-order valence-corrected chi connectivity index (χ4v) is 5.61. The lowest BCUT2D eigenvalue weighted by Gasteiger charge is -2.20. The van der Waals surface area contributed by atoms with Crippen LogP contribution in [-0.2, 0) is 9.59 Å². The number of nitrogens with one attached hydrogen (secondary N) is 3. The summed E-state index contributed by atoms with van der Waals surface area (Å²) in [4.78, 5) is 40.6. The second-order valence-electron chi connectivity index (χ2n) is 10.1. The maximum absolute atomic E-state index is 13.6. The van der Waals surface area contributed by atoms with Gasteiger partial charge in [0.15, 0.2) is 11.5 Å². The molecule has 0 saturated carbocycles. The van der Waals surface area contributed by atoms with Crippen LogP contribution < -0.4 is 30.2 Å². The van der Waals surface area contributed by atoms with E-state index in [-0.39, 0.29) is 17.4 Å². The number of carbonyl (C=O) groups excluding carboxylic acids is 3. The maximum Gasteiger partial charge on any atom is 0.272 e. The molecule has 0 bridgehead atoms. The lowest BCUT2D eigenvalue weighted by molar-refractivity contribution is -0.116. The van der Waals surface area contributed by atoms with Crippen molar-refractivity contribution in [1.29, 1.82) is 0 Å². The van der Waals surface area contributed by atoms with E-state index in [9.17, 15) is 19.5 Å². The van der Waals surface area contributed by atoms with Gasteiger partial charge in [-0.2, -0.15) is 0 Å². The van der Waals surface area contributed by atoms with E-state index in [0.717, 1.165) is 4.90 Å². The summed E-state index contributed by atoms with van der Waals surface area (Å²) in [5.74, 6) is 0.319. The molecule has 4 N–H and O–H groups in total. The lowest BCUT2D eigenvalue weighted by Crippen LogP contribution is -2.30. The smallest absolute Gasteiger partial charge is 0.272 e. The Morgan fingerprint density at radius 3 is 2.41 bits per heavy atom. The molecule has 1 aliphatic rings. The van der Waals surface area contributed by atoms with E-state index in [1.54, 1.807) is 72.8 Å². The largest absolute Gasteiger partial charge is 0.508 e. The van der Waals surface area contributed by atoms with Crippen LogP contribution in [0.4, 0.5) is 11.4 Å². The number of benzene rings is 4. The molecule has 0 fully saturated rings. The topological polar surface area (TPSA) is 135 Å². The number of aromatic hydroxyl groups is 1. The van der Waals surface area contributed by atoms with Gasteiger partial charge in [-0.3, -0.25) is 14.4 Å². The second kappa shape index (κ2) is 15.0. The molecule has 1 unspecified atom stereocenters. The summed E-state index contributed by atoms with van der Waals surface area (Å²) in [7, 11) is 1.44. The second-order valence-corrected chi connectivity index (χ2v) is 11.4. The minimum atomic E-state index is -0.579. The third-order valence-corrected chi connectivity index (χ3v) is 8.25. The molecule has 3 amide bonds. The monoisotopic (exact) mass is 639 g/mol. The number of rotatable bonds is 11. The van der Waals surface area contributed by atoms with E-state index in [2.05, 4.69) is 16.0 Å². The number of thioether (sulfide) groups is 1. The van der Waals surface area contributed by atoms with E-state index < -0.39 is 17.1 Å². The molecule has 46 heavy (non-hydrogen) atoms. The molecule has 0 spiro atoms. The van der Waals surface area contributed by atoms with Crippen molar-refractivity contribution in [3.05, 3.63) is 108 Å². The summed E-state index contributed by atoms with van der Waals surface area (Å²) < 4.78 is 16.5. The highest BCUT2D eigenvalue weighted by molar-refractivity contribution is 8.00. The van der Waals surface area contributed by atoms with E-state index in [1.165, 1.54) is 37.1 Å². The molecule has 10 nitrogen and oxygen atoms in total. The van der Waals surface area contributed by atoms with Gasteiger partial charge in [0.2, 0.25) is 5.91 Å². The minimum Gasteiger partial charge on any atom is -0.508 e. The number of amides is 3. The first-order valence-corrected chi connectivity index (χ1v) is 15.4. The van der Waals surface area contributed by atoms with Gasteiger partial charge in [0.1, 0.15) is 30.4 Å². The zero-order valence-electron chi connectivity index (χ0n) is 25.2. The molecular weight excluding hydrogens is 606 g/mol. The summed E-state index contributed by atoms with van der Waals surface area (Å²) in [6.45, 7) is 2.86. The van der Waals surface area contributed by atoms with Crippen LogP contribution in [0.2, 0.25) is 0 Å². The molecular formula is C35H33N3O7S. The molecule has 1 heterocycles. The van der Waals surface area contributed by atoms with Crippen molar-refractivity contribution in [2.45, 2.75) is 23.5 Å². The third kappa shape index (κ3) is 8.19. The molecule has 0 saturated heterocycles. The molecule has 0 aromatic heterocycles. The number of hydrogen-bond acceptors (Lipinski definition) is 8. The van der Waals surface area contributed by atoms with Crippen LogP contribution in [0.15, 0.2) is 102 Å². The summed E-state index contributed by atoms with van der Waals surface area (Å²) >= 11 is 1.37. The van der Waals surface area contributed by atoms with Crippen LogP contribution in [0.1, 0.15) is 29.3 Å². The van der Waals surface area contributed by atoms with Crippen molar-refractivity contribution >= 4 is 46.9 Å². The number of anilines is 2. The van der Waals surface area contributed by atoms with Crippen LogP contribution in [-0.4, -0.2) is 48.4 Å². The zero-order valence-corrected chi connectivity index (χ0v) is 26.1. The Hall–Kier alpha value is -5.42. The minimum absolute atomic E-state index is 0.00648. The SMILES string of the molecule is CCC(Sc1cccc(NC(=O)/C(=C\c2ccc(O)cc2OC)NC(=O)c2ccccc2)c1)C(=O)Nc1ccc2c(c1)OCCO2. The fraction of sp³-hybridized carbons (Fsp3) is 0.171. The van der Waals surface area contributed by atoms with Crippen molar-refractivity contribution in [1.82, 2.24) is 5.32 Å². The van der Waals surface area contributed by atoms with Crippen molar-refractivity contribution in [3.63, 3.8) is 0 Å². The third-order valence-electron chi connectivity index (χ3n) is 6.89. The van der Waals surface area contributed by atoms with Gasteiger partial charge in [-0.15, -0.1) is 11.8 Å². The Kier molecular flexibility index (Phi) is 10.5. The van der Waals surface area contributed by atoms with Crippen molar-refractivity contribution < 1.29 is 33.7 Å². The van der Waals surface area contributed by atoms with E-state index in [0.29, 0.717) is 59.4 Å². The Morgan fingerprint density at radius 2 is 1.65 bits per heavy atom. The van der Waals surface area contributed by atoms with Crippen molar-refractivity contribution in [3.8, 4) is 23.0 Å². The summed E-state index contributed by atoms with van der Waals surface area (Å²) in [5.41, 5.74) is 1.88. The zero-order chi connectivity index (χ0) is 32.5. The number of carbonyl (C=O) groups is 3. The van der Waals surface area contributed by atoms with Gasteiger partial charge >= 0.3 is 0 Å². The van der Waals surface area contributed by atoms with E-state index in [4.69, 9.17) is 14.2 Å². The average Bonchev–Trinajstić information content (AvgIpc) is 3.07. The van der Waals surface area contributed by atoms with Gasteiger partial charge < -0.3 is 35.3 Å². The maximum atomic E-state index is 13.6. The number of phenolic OH excluding ortho intramolecular Hbond substituents is 1. The molecule has 4 aromatic rings. The molecule has 1 atom stereocenters. The van der Waals surface area contributed by atoms with Gasteiger partial charge in [-0.25, -0.2) is 0 Å². The first-order chi connectivity index (χ1) is 22.3. The number of phenols is 1. The Bertz CT molecular complexity index is 1760. The van der Waals surface area contributed by atoms with Crippen LogP contribution in [0.3, 0.4) is 0 Å². The van der Waals surface area contributed by atoms with Crippen molar-refractivity contribution in [2.24, 2.45) is 0 Å². The van der Waals surface area contributed by atoms with Crippen LogP contribution in [0.25, 0.3) is 6.08 Å². The Balaban J connectivity index is 1.31. The molecule has 236 valence electrons. The van der Waals surface area contributed by atoms with Gasteiger partial charge in [-0.1, -0.05) is 31.2 Å². The van der Waals surface area contributed by atoms with Crippen LogP contribution >= 0.6 is 11.8 Å². The van der Waals surface area contributed by atoms with Crippen molar-refractivity contribution in [2.75, 3.05) is 31.0 Å². The van der Waals surface area contributed by atoms with Gasteiger partial charge in [0, 0.05) is 39.5 Å². The normalized spacial score (nSPS) is 12.9. The highest BCUT2D eigenvalue weighted by Crippen LogP contribution is 2.34. The van der Waals surface area contributed by atoms with Gasteiger partial charge in [0.05, 0.1) is 12.4 Å². The standard InChI is InChI=1S/C35H33N3O7S/c1-3-32(35(42)37-25-13-15-29-31(20-25)45-17-16-44-29)46-27-11-7-10-24(19-27)36-34(41)28(38-33(40)22-8-5-4-6-9-22)18-23-12-14-26(39)21-30(23)43-2/h4-15,18-21,32,39H,3,16-17H2,1-2H3,(H,36,41)(H,37,42)(H,38,40)/b28-18+.